The maximum atomic E-state index is 9.65. The fourth-order valence-electron chi connectivity index (χ4n) is 2.93. The molecule has 2 aromatic carbocycles. The van der Waals surface area contributed by atoms with Gasteiger partial charge in [-0.2, -0.15) is 5.26 Å². The fraction of sp³-hybridized carbons (Fsp3) is 0.182. The first-order valence-corrected chi connectivity index (χ1v) is 9.77. The Labute approximate surface area is 184 Å². The molecule has 0 radical (unpaired) electrons. The maximum Gasteiger partial charge on any atom is 0.161 e. The number of pyridine rings is 1. The average molecular weight is 444 g/mol. The number of hydrogen-bond acceptors (Lipinski definition) is 6. The van der Waals surface area contributed by atoms with Crippen molar-refractivity contribution in [3.05, 3.63) is 58.3 Å². The molecule has 3 aromatic rings. The third kappa shape index (κ3) is 4.38. The number of nitriles is 1. The minimum atomic E-state index is 0.353. The van der Waals surface area contributed by atoms with Crippen LogP contribution in [0.3, 0.4) is 0 Å². The first-order valence-electron chi connectivity index (χ1n) is 9.01. The summed E-state index contributed by atoms with van der Waals surface area (Å²) in [6.07, 6.45) is 3.15. The van der Waals surface area contributed by atoms with Crippen molar-refractivity contribution in [1.82, 2.24) is 4.98 Å². The zero-order valence-corrected chi connectivity index (χ0v) is 18.1. The minimum absolute atomic E-state index is 0.353. The number of benzene rings is 2. The summed E-state index contributed by atoms with van der Waals surface area (Å²) in [6, 6.07) is 10.9. The molecule has 0 aliphatic carbocycles. The Hall–Kier alpha value is -3.14. The van der Waals surface area contributed by atoms with Gasteiger partial charge in [-0.25, -0.2) is 0 Å². The predicted molar refractivity (Wildman–Crippen MR) is 118 cm³/mol. The van der Waals surface area contributed by atoms with Crippen molar-refractivity contribution in [1.29, 1.82) is 5.26 Å². The molecule has 1 N–H and O–H groups in total. The summed E-state index contributed by atoms with van der Waals surface area (Å²) in [5, 5.41) is 13.7. The number of aromatic nitrogens is 1. The summed E-state index contributed by atoms with van der Waals surface area (Å²) in [4.78, 5) is 4.20. The number of nitrogens with one attached hydrogen (secondary N) is 1. The van der Waals surface area contributed by atoms with E-state index in [-0.39, 0.29) is 0 Å². The van der Waals surface area contributed by atoms with Crippen LogP contribution in [0.2, 0.25) is 10.0 Å². The van der Waals surface area contributed by atoms with Crippen molar-refractivity contribution in [2.75, 3.05) is 26.1 Å². The topological polar surface area (TPSA) is 76.4 Å². The quantitative estimate of drug-likeness (QED) is 0.476. The zero-order valence-electron chi connectivity index (χ0n) is 16.6. The Morgan fingerprint density at radius 2 is 1.77 bits per heavy atom. The van der Waals surface area contributed by atoms with Gasteiger partial charge < -0.3 is 19.5 Å². The largest absolute Gasteiger partial charge is 0.493 e. The highest BCUT2D eigenvalue weighted by molar-refractivity contribution is 6.37. The molecule has 6 nitrogen and oxygen atoms in total. The Morgan fingerprint density at radius 3 is 2.43 bits per heavy atom. The van der Waals surface area contributed by atoms with Crippen LogP contribution in [-0.2, 0) is 0 Å². The lowest BCUT2D eigenvalue weighted by Gasteiger charge is -2.17. The van der Waals surface area contributed by atoms with Crippen molar-refractivity contribution in [2.45, 2.75) is 6.92 Å². The highest BCUT2D eigenvalue weighted by Gasteiger charge is 2.16. The number of anilines is 2. The van der Waals surface area contributed by atoms with E-state index in [1.807, 2.05) is 19.1 Å². The minimum Gasteiger partial charge on any atom is -0.493 e. The molecule has 0 spiro atoms. The van der Waals surface area contributed by atoms with Crippen molar-refractivity contribution < 1.29 is 14.2 Å². The molecule has 0 saturated heterocycles. The second kappa shape index (κ2) is 9.57. The molecule has 0 amide bonds. The van der Waals surface area contributed by atoms with Gasteiger partial charge in [0.25, 0.3) is 0 Å². The molecule has 0 saturated carbocycles. The predicted octanol–water partition coefficient (Wildman–Crippen LogP) is 6.09. The van der Waals surface area contributed by atoms with Crippen LogP contribution in [0.25, 0.3) is 11.1 Å². The van der Waals surface area contributed by atoms with Crippen LogP contribution >= 0.6 is 23.2 Å². The third-order valence-electron chi connectivity index (χ3n) is 4.34. The standard InChI is InChI=1S/C22H19Cl2N3O3/c1-4-30-20-9-18(16(23)8-17(20)24)27-22-14(10-25)11-26-12-15(22)13-5-6-19(28-2)21(7-13)29-3/h5-9,11-12H,4H2,1-3H3,(H,26,27). The van der Waals surface area contributed by atoms with Crippen molar-refractivity contribution >= 4 is 34.6 Å². The van der Waals surface area contributed by atoms with E-state index in [0.717, 1.165) is 5.56 Å². The number of methoxy groups -OCH3 is 2. The summed E-state index contributed by atoms with van der Waals surface area (Å²) in [5.74, 6) is 1.65. The van der Waals surface area contributed by atoms with Gasteiger partial charge in [0, 0.05) is 24.0 Å². The van der Waals surface area contributed by atoms with Crippen molar-refractivity contribution in [2.24, 2.45) is 0 Å². The Balaban J connectivity index is 2.13. The van der Waals surface area contributed by atoms with E-state index in [9.17, 15) is 5.26 Å². The lowest BCUT2D eigenvalue weighted by molar-refractivity contribution is 0.340. The van der Waals surface area contributed by atoms with Gasteiger partial charge in [0.05, 0.1) is 47.8 Å². The normalized spacial score (nSPS) is 10.3. The summed E-state index contributed by atoms with van der Waals surface area (Å²) < 4.78 is 16.3. The smallest absolute Gasteiger partial charge is 0.161 e. The van der Waals surface area contributed by atoms with Crippen LogP contribution in [0.5, 0.6) is 17.2 Å². The number of rotatable bonds is 7. The molecule has 0 unspecified atom stereocenters. The number of hydrogen-bond donors (Lipinski definition) is 1. The number of nitrogens with zero attached hydrogens (tertiary/aromatic N) is 2. The molecule has 0 aliphatic rings. The molecule has 0 fully saturated rings. The van der Waals surface area contributed by atoms with Crippen LogP contribution in [0.1, 0.15) is 12.5 Å². The summed E-state index contributed by atoms with van der Waals surface area (Å²) >= 11 is 12.6. The number of halogens is 2. The molecule has 0 atom stereocenters. The molecule has 0 bridgehead atoms. The van der Waals surface area contributed by atoms with Gasteiger partial charge in [-0.15, -0.1) is 0 Å². The van der Waals surface area contributed by atoms with Gasteiger partial charge in [-0.3, -0.25) is 4.98 Å². The highest BCUT2D eigenvalue weighted by Crippen LogP contribution is 2.40. The van der Waals surface area contributed by atoms with Crippen molar-refractivity contribution in [3.63, 3.8) is 0 Å². The second-order valence-electron chi connectivity index (χ2n) is 6.11. The van der Waals surface area contributed by atoms with Crippen molar-refractivity contribution in [3.8, 4) is 34.4 Å². The van der Waals surface area contributed by atoms with Gasteiger partial charge in [-0.1, -0.05) is 29.3 Å². The summed E-state index contributed by atoms with van der Waals surface area (Å²) in [7, 11) is 3.13. The molecule has 8 heteroatoms. The van der Waals surface area contributed by atoms with E-state index in [4.69, 9.17) is 37.4 Å². The van der Waals surface area contributed by atoms with Crippen LogP contribution in [0.15, 0.2) is 42.7 Å². The molecule has 30 heavy (non-hydrogen) atoms. The van der Waals surface area contributed by atoms with E-state index in [2.05, 4.69) is 16.4 Å². The van der Waals surface area contributed by atoms with Gasteiger partial charge in [0.1, 0.15) is 11.8 Å². The molecule has 3 rings (SSSR count). The van der Waals surface area contributed by atoms with E-state index in [0.29, 0.717) is 56.4 Å². The molecule has 0 aliphatic heterocycles. The maximum absolute atomic E-state index is 9.65. The van der Waals surface area contributed by atoms with Gasteiger partial charge in [0.15, 0.2) is 11.5 Å². The van der Waals surface area contributed by atoms with Crippen LogP contribution < -0.4 is 19.5 Å². The average Bonchev–Trinajstić information content (AvgIpc) is 2.76. The summed E-state index contributed by atoms with van der Waals surface area (Å²) in [6.45, 7) is 2.32. The fourth-order valence-corrected chi connectivity index (χ4v) is 3.41. The lowest BCUT2D eigenvalue weighted by atomic mass is 10.0. The van der Waals surface area contributed by atoms with Crippen LogP contribution in [0.4, 0.5) is 11.4 Å². The highest BCUT2D eigenvalue weighted by atomic mass is 35.5. The van der Waals surface area contributed by atoms with E-state index in [1.165, 1.54) is 6.20 Å². The van der Waals surface area contributed by atoms with Gasteiger partial charge in [-0.05, 0) is 30.7 Å². The summed E-state index contributed by atoms with van der Waals surface area (Å²) in [5.41, 5.74) is 2.93. The van der Waals surface area contributed by atoms with Crippen LogP contribution in [0, 0.1) is 11.3 Å². The monoisotopic (exact) mass is 443 g/mol. The van der Waals surface area contributed by atoms with Gasteiger partial charge >= 0.3 is 0 Å². The molecule has 1 heterocycles. The zero-order chi connectivity index (χ0) is 21.7. The molecule has 154 valence electrons. The first-order chi connectivity index (χ1) is 14.5. The van der Waals surface area contributed by atoms with E-state index < -0.39 is 0 Å². The first kappa shape index (κ1) is 21.6. The van der Waals surface area contributed by atoms with E-state index >= 15 is 0 Å². The second-order valence-corrected chi connectivity index (χ2v) is 6.93. The Kier molecular flexibility index (Phi) is 6.88. The van der Waals surface area contributed by atoms with Crippen LogP contribution in [-0.4, -0.2) is 25.8 Å². The molecular formula is C22H19Cl2N3O3. The van der Waals surface area contributed by atoms with Gasteiger partial charge in [0.2, 0.25) is 0 Å². The molecular weight excluding hydrogens is 425 g/mol. The SMILES string of the molecule is CCOc1cc(Nc2c(C#N)cncc2-c2ccc(OC)c(OC)c2)c(Cl)cc1Cl. The third-order valence-corrected chi connectivity index (χ3v) is 4.95. The lowest BCUT2D eigenvalue weighted by Crippen LogP contribution is -2.00. The van der Waals surface area contributed by atoms with E-state index in [1.54, 1.807) is 38.6 Å². The Bertz CT molecular complexity index is 1110. The molecule has 1 aromatic heterocycles. The number of ether oxygens (including phenoxy) is 3. The Morgan fingerprint density at radius 1 is 1.00 bits per heavy atom.